The minimum atomic E-state index is -1.16. The lowest BCUT2D eigenvalue weighted by Gasteiger charge is -2.17. The summed E-state index contributed by atoms with van der Waals surface area (Å²) in [7, 11) is 0. The highest BCUT2D eigenvalue weighted by Gasteiger charge is 2.48. The van der Waals surface area contributed by atoms with Crippen molar-refractivity contribution in [2.24, 2.45) is 0 Å². The van der Waals surface area contributed by atoms with Crippen molar-refractivity contribution in [2.75, 3.05) is 0 Å². The van der Waals surface area contributed by atoms with Crippen LogP contribution in [0.4, 0.5) is 0 Å². The van der Waals surface area contributed by atoms with Crippen molar-refractivity contribution in [1.29, 1.82) is 0 Å². The van der Waals surface area contributed by atoms with E-state index in [0.29, 0.717) is 16.6 Å². The lowest BCUT2D eigenvalue weighted by molar-refractivity contribution is -0.808. The van der Waals surface area contributed by atoms with Crippen LogP contribution in [0.25, 0.3) is 10.9 Å². The van der Waals surface area contributed by atoms with Crippen molar-refractivity contribution < 1.29 is 19.4 Å². The first-order valence-electron chi connectivity index (χ1n) is 7.44. The number of fused-ring (bicyclic) bond motifs is 2. The Morgan fingerprint density at radius 3 is 2.69 bits per heavy atom. The van der Waals surface area contributed by atoms with Gasteiger partial charge in [0.15, 0.2) is 0 Å². The molecule has 0 amide bonds. The third-order valence-electron chi connectivity index (χ3n) is 4.38. The van der Waals surface area contributed by atoms with Crippen molar-refractivity contribution >= 4 is 16.6 Å². The molecular weight excluding hydrogens is 346 g/mol. The summed E-state index contributed by atoms with van der Waals surface area (Å²) in [6.45, 7) is 1.71. The van der Waals surface area contributed by atoms with Gasteiger partial charge in [0.1, 0.15) is 5.92 Å². The van der Waals surface area contributed by atoms with E-state index < -0.39 is 27.2 Å². The largest absolute Gasteiger partial charge is 0.612 e. The van der Waals surface area contributed by atoms with Crippen LogP contribution in [0.15, 0.2) is 40.7 Å². The van der Waals surface area contributed by atoms with E-state index in [1.807, 2.05) is 0 Å². The normalized spacial score (nSPS) is 16.4. The van der Waals surface area contributed by atoms with Crippen LogP contribution < -0.4 is 4.90 Å². The van der Waals surface area contributed by atoms with Crippen molar-refractivity contribution in [3.63, 3.8) is 0 Å². The predicted molar refractivity (Wildman–Crippen MR) is 86.5 cm³/mol. The van der Waals surface area contributed by atoms with E-state index in [0.717, 1.165) is 11.6 Å². The number of aryl methyl sites for hydroxylation is 1. The van der Waals surface area contributed by atoms with Crippen molar-refractivity contribution in [3.8, 4) is 0 Å². The SMILES string of the molecule is Cc1[nH]c2ccccc2c1C1C([N+](=O)[O-])=CC(=[N+]([O-])[O-])c2no[n+]([O-])c21. The summed E-state index contributed by atoms with van der Waals surface area (Å²) < 4.78 is 4.53. The number of benzene rings is 1. The number of allylic oxidation sites excluding steroid dienone is 2. The van der Waals surface area contributed by atoms with Gasteiger partial charge in [-0.1, -0.05) is 18.2 Å². The molecule has 11 heteroatoms. The van der Waals surface area contributed by atoms with E-state index in [1.54, 1.807) is 31.2 Å². The third-order valence-corrected chi connectivity index (χ3v) is 4.38. The minimum Gasteiger partial charge on any atom is -0.612 e. The first-order valence-corrected chi connectivity index (χ1v) is 7.44. The van der Waals surface area contributed by atoms with Gasteiger partial charge in [0.25, 0.3) is 11.4 Å². The van der Waals surface area contributed by atoms with Crippen LogP contribution in [0.2, 0.25) is 0 Å². The first-order chi connectivity index (χ1) is 12.4. The molecule has 1 N–H and O–H groups in total. The average Bonchev–Trinajstić information content (AvgIpc) is 3.13. The molecule has 0 saturated heterocycles. The maximum atomic E-state index is 12.1. The van der Waals surface area contributed by atoms with Crippen molar-refractivity contribution in [3.05, 3.63) is 84.4 Å². The standard InChI is InChI=1S/C15H10N5O6/c1-7-12(8-4-2-3-5-9(8)16-7)13-10(18(21)22)6-11(19(23)24)14-15(13)20(25)26-17-14/h2-6,13,16H,1H3/q-1. The molecule has 0 fully saturated rings. The van der Waals surface area contributed by atoms with Crippen LogP contribution in [0.1, 0.15) is 28.6 Å². The summed E-state index contributed by atoms with van der Waals surface area (Å²) in [5, 5.41) is 50.4. The van der Waals surface area contributed by atoms with Crippen molar-refractivity contribution in [1.82, 2.24) is 10.1 Å². The molecule has 0 bridgehead atoms. The fourth-order valence-corrected chi connectivity index (χ4v) is 3.36. The Bertz CT molecular complexity index is 1120. The highest BCUT2D eigenvalue weighted by Crippen LogP contribution is 2.40. The monoisotopic (exact) mass is 356 g/mol. The molecule has 132 valence electrons. The van der Waals surface area contributed by atoms with E-state index in [9.17, 15) is 25.7 Å². The van der Waals surface area contributed by atoms with Gasteiger partial charge in [-0.2, -0.15) is 4.90 Å². The first kappa shape index (κ1) is 15.6. The molecule has 1 unspecified atom stereocenters. The average molecular weight is 356 g/mol. The molecule has 4 rings (SSSR count). The number of aromatic amines is 1. The van der Waals surface area contributed by atoms with Crippen molar-refractivity contribution in [2.45, 2.75) is 12.8 Å². The maximum absolute atomic E-state index is 12.1. The minimum absolute atomic E-state index is 0.0127. The Morgan fingerprint density at radius 2 is 2.00 bits per heavy atom. The molecule has 2 heterocycles. The molecule has 1 atom stereocenters. The summed E-state index contributed by atoms with van der Waals surface area (Å²) in [5.74, 6) is -1.16. The van der Waals surface area contributed by atoms with E-state index in [-0.39, 0.29) is 16.3 Å². The van der Waals surface area contributed by atoms with Crippen LogP contribution >= 0.6 is 0 Å². The second-order valence-electron chi connectivity index (χ2n) is 5.77. The number of H-pyrrole nitrogens is 1. The summed E-state index contributed by atoms with van der Waals surface area (Å²) in [5.41, 5.74) is 0.0514. The molecular formula is C15H10N5O6-. The van der Waals surface area contributed by atoms with E-state index >= 15 is 0 Å². The molecule has 1 aliphatic rings. The fourth-order valence-electron chi connectivity index (χ4n) is 3.36. The Labute approximate surface area is 144 Å². The number of hydrogen-bond acceptors (Lipinski definition) is 7. The Kier molecular flexibility index (Phi) is 3.19. The van der Waals surface area contributed by atoms with E-state index in [1.165, 1.54) is 0 Å². The molecule has 0 spiro atoms. The van der Waals surface area contributed by atoms with Gasteiger partial charge in [-0.05, 0) is 17.9 Å². The van der Waals surface area contributed by atoms with Gasteiger partial charge >= 0.3 is 5.69 Å². The van der Waals surface area contributed by atoms with Crippen LogP contribution in [-0.4, -0.2) is 25.7 Å². The zero-order valence-electron chi connectivity index (χ0n) is 13.2. The van der Waals surface area contributed by atoms with Gasteiger partial charge in [-0.25, -0.2) is 0 Å². The fraction of sp³-hybridized carbons (Fsp3) is 0.133. The topological polar surface area (TPSA) is 161 Å². The molecule has 26 heavy (non-hydrogen) atoms. The van der Waals surface area contributed by atoms with Gasteiger partial charge in [-0.15, -0.1) is 0 Å². The van der Waals surface area contributed by atoms with Crippen LogP contribution in [-0.2, 0) is 0 Å². The molecule has 11 nitrogen and oxygen atoms in total. The lowest BCUT2D eigenvalue weighted by Crippen LogP contribution is -2.36. The number of aromatic nitrogens is 3. The highest BCUT2D eigenvalue weighted by molar-refractivity contribution is 6.06. The number of rotatable bonds is 2. The number of nitrogens with one attached hydrogen (secondary N) is 1. The van der Waals surface area contributed by atoms with Gasteiger partial charge in [-0.3, -0.25) is 14.7 Å². The van der Waals surface area contributed by atoms with Gasteiger partial charge in [0.2, 0.25) is 5.69 Å². The number of hydrogen-bond donors (Lipinski definition) is 1. The highest BCUT2D eigenvalue weighted by atomic mass is 16.8. The molecule has 0 aliphatic heterocycles. The molecule has 0 saturated carbocycles. The quantitative estimate of drug-likeness (QED) is 0.410. The third kappa shape index (κ3) is 2.03. The smallest absolute Gasteiger partial charge is 0.318 e. The summed E-state index contributed by atoms with van der Waals surface area (Å²) >= 11 is 0. The van der Waals surface area contributed by atoms with Gasteiger partial charge in [0.05, 0.1) is 16.2 Å². The Hall–Kier alpha value is -3.89. The lowest BCUT2D eigenvalue weighted by atomic mass is 9.84. The Balaban J connectivity index is 2.10. The van der Waals surface area contributed by atoms with E-state index in [2.05, 4.69) is 14.8 Å². The number of para-hydroxylation sites is 1. The molecule has 0 radical (unpaired) electrons. The zero-order chi connectivity index (χ0) is 18.6. The summed E-state index contributed by atoms with van der Waals surface area (Å²) in [6.07, 6.45) is 0.830. The number of nitro groups is 1. The maximum Gasteiger partial charge on any atom is 0.318 e. The number of nitrogens with zero attached hydrogens (tertiary/aromatic N) is 4. The second kappa shape index (κ2) is 5.31. The summed E-state index contributed by atoms with van der Waals surface area (Å²) in [4.78, 5) is 13.2. The van der Waals surface area contributed by atoms with E-state index in [4.69, 9.17) is 0 Å². The Morgan fingerprint density at radius 1 is 1.27 bits per heavy atom. The van der Waals surface area contributed by atoms with Gasteiger partial charge in [0, 0.05) is 22.2 Å². The van der Waals surface area contributed by atoms with Crippen LogP contribution in [0.5, 0.6) is 0 Å². The second-order valence-corrected chi connectivity index (χ2v) is 5.77. The van der Waals surface area contributed by atoms with Crippen LogP contribution in [0.3, 0.4) is 0 Å². The molecule has 3 aromatic rings. The molecule has 2 aromatic heterocycles. The van der Waals surface area contributed by atoms with Gasteiger partial charge < -0.3 is 20.6 Å². The molecule has 1 aromatic carbocycles. The van der Waals surface area contributed by atoms with Crippen LogP contribution in [0, 0.1) is 32.7 Å². The summed E-state index contributed by atoms with van der Waals surface area (Å²) in [6, 6.07) is 7.09. The molecule has 1 aliphatic carbocycles. The predicted octanol–water partition coefficient (Wildman–Crippen LogP) is 1.20. The zero-order valence-corrected chi connectivity index (χ0v) is 13.2.